The molecule has 0 saturated heterocycles. The highest BCUT2D eigenvalue weighted by molar-refractivity contribution is 9.10. The number of halogens is 1. The first kappa shape index (κ1) is 23.7. The van der Waals surface area contributed by atoms with E-state index in [0.717, 1.165) is 36.8 Å². The van der Waals surface area contributed by atoms with E-state index in [0.29, 0.717) is 23.4 Å². The van der Waals surface area contributed by atoms with Gasteiger partial charge in [0.2, 0.25) is 0 Å². The van der Waals surface area contributed by atoms with Crippen LogP contribution in [0.5, 0.6) is 0 Å². The van der Waals surface area contributed by atoms with Crippen LogP contribution < -0.4 is 10.6 Å². The number of nitrogens with zero attached hydrogens (tertiary/aromatic N) is 2. The van der Waals surface area contributed by atoms with Gasteiger partial charge in [0.1, 0.15) is 16.2 Å². The van der Waals surface area contributed by atoms with Crippen LogP contribution in [0.4, 0.5) is 0 Å². The number of carbonyl (C=O) groups is 1. The molecule has 6 nitrogen and oxygen atoms in total. The Morgan fingerprint density at radius 1 is 1.22 bits per heavy atom. The third kappa shape index (κ3) is 6.27. The fourth-order valence-electron chi connectivity index (χ4n) is 3.80. The smallest absolute Gasteiger partial charge is 0.262 e. The summed E-state index contributed by atoms with van der Waals surface area (Å²) in [5, 5.41) is 24.5. The molecule has 0 bridgehead atoms. The van der Waals surface area contributed by atoms with Crippen molar-refractivity contribution in [2.24, 2.45) is 0 Å². The topological polar surface area (TPSA) is 98.0 Å². The zero-order valence-electron chi connectivity index (χ0n) is 17.7. The number of nitrogens with one attached hydrogen (secondary N) is 2. The van der Waals surface area contributed by atoms with Crippen LogP contribution in [0, 0.1) is 23.2 Å². The highest BCUT2D eigenvalue weighted by atomic mass is 79.9. The molecule has 1 heterocycles. The van der Waals surface area contributed by atoms with Crippen LogP contribution in [-0.2, 0) is 10.3 Å². The second-order valence-corrected chi connectivity index (χ2v) is 8.39. The van der Waals surface area contributed by atoms with Gasteiger partial charge in [-0.15, -0.1) is 0 Å². The lowest BCUT2D eigenvalue weighted by atomic mass is 9.87. The van der Waals surface area contributed by atoms with Crippen molar-refractivity contribution in [2.75, 3.05) is 19.7 Å². The molecule has 7 heteroatoms. The van der Waals surface area contributed by atoms with E-state index in [1.165, 1.54) is 6.08 Å². The Bertz CT molecular complexity index is 1070. The molecule has 0 radical (unpaired) electrons. The van der Waals surface area contributed by atoms with Gasteiger partial charge in [0.15, 0.2) is 0 Å². The highest BCUT2D eigenvalue weighted by Crippen LogP contribution is 2.39. The number of carbonyl (C=O) groups excluding carboxylic acids is 1. The molecule has 2 aromatic rings. The Labute approximate surface area is 196 Å². The first-order valence-electron chi connectivity index (χ1n) is 10.5. The van der Waals surface area contributed by atoms with Gasteiger partial charge in [-0.05, 0) is 64.7 Å². The number of amides is 1. The van der Waals surface area contributed by atoms with E-state index in [-0.39, 0.29) is 12.2 Å². The Hall–Kier alpha value is -2.97. The number of nitriles is 1. The average molecular weight is 493 g/mol. The Morgan fingerprint density at radius 3 is 2.62 bits per heavy atom. The van der Waals surface area contributed by atoms with E-state index in [1.807, 2.05) is 30.3 Å². The summed E-state index contributed by atoms with van der Waals surface area (Å²) in [7, 11) is 0. The van der Waals surface area contributed by atoms with Gasteiger partial charge in [-0.25, -0.2) is 4.98 Å². The summed E-state index contributed by atoms with van der Waals surface area (Å²) in [6.07, 6.45) is 5.17. The van der Waals surface area contributed by atoms with Crippen LogP contribution in [-0.4, -0.2) is 35.7 Å². The molecule has 1 aliphatic carbocycles. The minimum absolute atomic E-state index is 0.0275. The number of rotatable bonds is 7. The van der Waals surface area contributed by atoms with Gasteiger partial charge in [-0.3, -0.25) is 4.79 Å². The van der Waals surface area contributed by atoms with Gasteiger partial charge < -0.3 is 15.7 Å². The number of hydrogen-bond donors (Lipinski definition) is 3. The van der Waals surface area contributed by atoms with Crippen LogP contribution >= 0.6 is 15.9 Å². The molecule has 1 aromatic heterocycles. The van der Waals surface area contributed by atoms with Crippen molar-refractivity contribution >= 4 is 27.9 Å². The minimum Gasteiger partial charge on any atom is -0.395 e. The summed E-state index contributed by atoms with van der Waals surface area (Å²) in [4.78, 5) is 17.3. The SMILES string of the molecule is N#C/C(=C\c1cccc(Br)n1)C(=O)NC1(c2ccc(C#CCNCCO)cc2)CCCC1. The molecule has 0 aliphatic heterocycles. The normalized spacial score (nSPS) is 14.8. The van der Waals surface area contributed by atoms with Gasteiger partial charge in [-0.2, -0.15) is 5.26 Å². The van der Waals surface area contributed by atoms with Crippen molar-refractivity contribution in [1.82, 2.24) is 15.6 Å². The zero-order valence-corrected chi connectivity index (χ0v) is 19.3. The highest BCUT2D eigenvalue weighted by Gasteiger charge is 2.37. The summed E-state index contributed by atoms with van der Waals surface area (Å²) < 4.78 is 0.642. The van der Waals surface area contributed by atoms with E-state index in [1.54, 1.807) is 18.2 Å². The maximum atomic E-state index is 13.0. The molecule has 3 rings (SSSR count). The fraction of sp³-hybridized carbons (Fsp3) is 0.320. The third-order valence-corrected chi connectivity index (χ3v) is 5.82. The molecule has 32 heavy (non-hydrogen) atoms. The predicted molar refractivity (Wildman–Crippen MR) is 127 cm³/mol. The molecule has 1 aromatic carbocycles. The lowest BCUT2D eigenvalue weighted by molar-refractivity contribution is -0.119. The number of benzene rings is 1. The van der Waals surface area contributed by atoms with Crippen molar-refractivity contribution in [3.63, 3.8) is 0 Å². The average Bonchev–Trinajstić information content (AvgIpc) is 3.27. The van der Waals surface area contributed by atoms with Crippen molar-refractivity contribution < 1.29 is 9.90 Å². The molecule has 0 spiro atoms. The van der Waals surface area contributed by atoms with E-state index < -0.39 is 11.4 Å². The van der Waals surface area contributed by atoms with Crippen LogP contribution in [0.2, 0.25) is 0 Å². The zero-order chi connectivity index (χ0) is 22.8. The number of hydrogen-bond acceptors (Lipinski definition) is 5. The quantitative estimate of drug-likeness (QED) is 0.181. The Kier molecular flexibility index (Phi) is 8.58. The van der Waals surface area contributed by atoms with Crippen LogP contribution in [0.3, 0.4) is 0 Å². The molecular weight excluding hydrogens is 468 g/mol. The first-order chi connectivity index (χ1) is 15.6. The van der Waals surface area contributed by atoms with E-state index in [2.05, 4.69) is 43.4 Å². The standard InChI is InChI=1S/C25H25BrN4O2/c26-23-7-3-6-22(29-23)17-20(18-27)24(32)30-25(12-1-2-13-25)21-10-8-19(9-11-21)5-4-14-28-15-16-31/h3,6-11,17,28,31H,1-2,12-16H2,(H,30,32)/b20-17+. The molecule has 164 valence electrons. The third-order valence-electron chi connectivity index (χ3n) is 5.38. The molecule has 1 amide bonds. The van der Waals surface area contributed by atoms with Crippen molar-refractivity contribution in [1.29, 1.82) is 5.26 Å². The Balaban J connectivity index is 1.76. The number of aliphatic hydroxyl groups is 1. The second kappa shape index (κ2) is 11.6. The summed E-state index contributed by atoms with van der Waals surface area (Å²) in [6.45, 7) is 1.12. The summed E-state index contributed by atoms with van der Waals surface area (Å²) in [5.41, 5.74) is 1.98. The van der Waals surface area contributed by atoms with Crippen molar-refractivity contribution in [3.05, 3.63) is 69.5 Å². The number of aromatic nitrogens is 1. The predicted octanol–water partition coefficient (Wildman–Crippen LogP) is 3.27. The molecule has 1 aliphatic rings. The maximum Gasteiger partial charge on any atom is 0.262 e. The summed E-state index contributed by atoms with van der Waals surface area (Å²) >= 11 is 3.31. The summed E-state index contributed by atoms with van der Waals surface area (Å²) in [6, 6.07) is 15.3. The van der Waals surface area contributed by atoms with E-state index in [4.69, 9.17) is 5.11 Å². The minimum atomic E-state index is -0.494. The van der Waals surface area contributed by atoms with Gasteiger partial charge in [0.25, 0.3) is 5.91 Å². The van der Waals surface area contributed by atoms with Crippen molar-refractivity contribution in [2.45, 2.75) is 31.2 Å². The van der Waals surface area contributed by atoms with Crippen LogP contribution in [0.1, 0.15) is 42.5 Å². The van der Waals surface area contributed by atoms with Gasteiger partial charge in [0, 0.05) is 12.1 Å². The molecular formula is C25H25BrN4O2. The molecule has 0 unspecified atom stereocenters. The van der Waals surface area contributed by atoms with Crippen molar-refractivity contribution in [3.8, 4) is 17.9 Å². The lowest BCUT2D eigenvalue weighted by Gasteiger charge is -2.31. The summed E-state index contributed by atoms with van der Waals surface area (Å²) in [5.74, 6) is 5.72. The molecule has 0 atom stereocenters. The lowest BCUT2D eigenvalue weighted by Crippen LogP contribution is -2.44. The maximum absolute atomic E-state index is 13.0. The molecule has 1 saturated carbocycles. The van der Waals surface area contributed by atoms with Crippen LogP contribution in [0.25, 0.3) is 6.08 Å². The van der Waals surface area contributed by atoms with Gasteiger partial charge >= 0.3 is 0 Å². The first-order valence-corrected chi connectivity index (χ1v) is 11.3. The van der Waals surface area contributed by atoms with E-state index >= 15 is 0 Å². The monoisotopic (exact) mass is 492 g/mol. The Morgan fingerprint density at radius 2 is 1.97 bits per heavy atom. The number of aliphatic hydroxyl groups excluding tert-OH is 1. The molecule has 3 N–H and O–H groups in total. The largest absolute Gasteiger partial charge is 0.395 e. The number of pyridine rings is 1. The fourth-order valence-corrected chi connectivity index (χ4v) is 4.16. The van der Waals surface area contributed by atoms with E-state index in [9.17, 15) is 10.1 Å². The van der Waals surface area contributed by atoms with Gasteiger partial charge in [0.05, 0.1) is 24.4 Å². The molecule has 1 fully saturated rings. The second-order valence-electron chi connectivity index (χ2n) is 7.58. The van der Waals surface area contributed by atoms with Gasteiger partial charge in [-0.1, -0.05) is 42.9 Å². The van der Waals surface area contributed by atoms with Crippen LogP contribution in [0.15, 0.2) is 52.6 Å².